The molecule has 3 aromatic carbocycles. The van der Waals surface area contributed by atoms with Crippen molar-refractivity contribution in [1.29, 1.82) is 0 Å². The van der Waals surface area contributed by atoms with Gasteiger partial charge in [-0.2, -0.15) is 30.3 Å². The minimum atomic E-state index is -4.74. The third kappa shape index (κ3) is 4.57. The summed E-state index contributed by atoms with van der Waals surface area (Å²) in [5.74, 6) is -0.257. The molecule has 0 spiro atoms. The number of para-hydroxylation sites is 1. The molecule has 0 atom stereocenters. The zero-order valence-electron chi connectivity index (χ0n) is 15.6. The van der Waals surface area contributed by atoms with Gasteiger partial charge in [0.25, 0.3) is 0 Å². The Kier molecular flexibility index (Phi) is 5.92. The van der Waals surface area contributed by atoms with E-state index in [2.05, 4.69) is 10.8 Å². The summed E-state index contributed by atoms with van der Waals surface area (Å²) in [4.78, 5) is 3.75. The van der Waals surface area contributed by atoms with Gasteiger partial charge in [0, 0.05) is 43.2 Å². The third-order valence-electron chi connectivity index (χ3n) is 4.37. The maximum Gasteiger partial charge on any atom is 0.573 e. The van der Waals surface area contributed by atoms with Crippen LogP contribution in [0.5, 0.6) is 5.75 Å². The summed E-state index contributed by atoms with van der Waals surface area (Å²) in [5.41, 5.74) is 5.14. The van der Waals surface area contributed by atoms with Gasteiger partial charge in [-0.05, 0) is 49.2 Å². The Bertz CT molecular complexity index is 988. The second-order valence-electron chi connectivity index (χ2n) is 6.65. The van der Waals surface area contributed by atoms with E-state index in [-0.39, 0.29) is 25.9 Å². The number of ether oxygens (including phenoxy) is 1. The van der Waals surface area contributed by atoms with E-state index in [0.717, 1.165) is 28.2 Å². The minimum absolute atomic E-state index is 0. The number of alkyl halides is 3. The Morgan fingerprint density at radius 3 is 2.24 bits per heavy atom. The molecule has 0 amide bonds. The van der Waals surface area contributed by atoms with E-state index in [9.17, 15) is 13.2 Å². The van der Waals surface area contributed by atoms with Crippen LogP contribution in [0.15, 0.2) is 60.7 Å². The topological polar surface area (TPSA) is 15.7 Å². The zero-order valence-corrected chi connectivity index (χ0v) is 18.0. The van der Waals surface area contributed by atoms with Crippen molar-refractivity contribution in [2.45, 2.75) is 20.2 Å². The predicted octanol–water partition coefficient (Wildman–Crippen LogP) is 6.41. The van der Waals surface area contributed by atoms with Gasteiger partial charge in [-0.15, -0.1) is 25.5 Å². The van der Waals surface area contributed by atoms with Gasteiger partial charge in [-0.3, -0.25) is 0 Å². The molecular formula is C22H17F3IrN2O-2. The summed E-state index contributed by atoms with van der Waals surface area (Å²) >= 11 is 0. The van der Waals surface area contributed by atoms with Crippen molar-refractivity contribution in [2.75, 3.05) is 9.80 Å². The Hall–Kier alpha value is -2.50. The first kappa shape index (κ1) is 21.2. The summed E-state index contributed by atoms with van der Waals surface area (Å²) < 4.78 is 42.2. The number of rotatable bonds is 3. The Morgan fingerprint density at radius 2 is 1.62 bits per heavy atom. The molecular weight excluding hydrogens is 557 g/mol. The molecule has 1 aliphatic rings. The van der Waals surface area contributed by atoms with Gasteiger partial charge < -0.3 is 14.5 Å². The average Bonchev–Trinajstić information content (AvgIpc) is 2.99. The van der Waals surface area contributed by atoms with Crippen molar-refractivity contribution >= 4 is 22.7 Å². The second-order valence-corrected chi connectivity index (χ2v) is 6.65. The molecule has 0 N–H and O–H groups in total. The number of nitrogens with zero attached hydrogens (tertiary/aromatic N) is 2. The minimum Gasteiger partial charge on any atom is -0.493 e. The smallest absolute Gasteiger partial charge is 0.493 e. The molecule has 0 unspecified atom stereocenters. The fraction of sp³-hybridized carbons (Fsp3) is 0.136. The van der Waals surface area contributed by atoms with Crippen molar-refractivity contribution in [2.24, 2.45) is 0 Å². The number of halogens is 3. The molecule has 7 heteroatoms. The van der Waals surface area contributed by atoms with Crippen LogP contribution in [-0.4, -0.2) is 6.36 Å². The second kappa shape index (κ2) is 8.09. The first-order valence-corrected chi connectivity index (χ1v) is 8.68. The van der Waals surface area contributed by atoms with Crippen LogP contribution in [0.3, 0.4) is 0 Å². The molecule has 0 saturated carbocycles. The van der Waals surface area contributed by atoms with Crippen LogP contribution in [0, 0.1) is 26.6 Å². The fourth-order valence-corrected chi connectivity index (χ4v) is 3.36. The van der Waals surface area contributed by atoms with Gasteiger partial charge in [-0.1, -0.05) is 6.07 Å². The molecule has 0 bridgehead atoms. The third-order valence-corrected chi connectivity index (χ3v) is 4.37. The van der Waals surface area contributed by atoms with Crippen LogP contribution in [0.2, 0.25) is 0 Å². The van der Waals surface area contributed by atoms with E-state index in [4.69, 9.17) is 0 Å². The molecule has 29 heavy (non-hydrogen) atoms. The number of benzene rings is 3. The monoisotopic (exact) mass is 575 g/mol. The van der Waals surface area contributed by atoms with Crippen LogP contribution >= 0.6 is 0 Å². The van der Waals surface area contributed by atoms with Crippen molar-refractivity contribution in [3.05, 3.63) is 84.5 Å². The van der Waals surface area contributed by atoms with Crippen LogP contribution in [0.4, 0.5) is 35.9 Å². The van der Waals surface area contributed by atoms with Crippen LogP contribution < -0.4 is 14.5 Å². The Labute approximate surface area is 181 Å². The van der Waals surface area contributed by atoms with Crippen LogP contribution in [0.25, 0.3) is 0 Å². The van der Waals surface area contributed by atoms with Gasteiger partial charge in [0.1, 0.15) is 5.75 Å². The van der Waals surface area contributed by atoms with Gasteiger partial charge in [0.05, 0.1) is 0 Å². The first-order valence-electron chi connectivity index (χ1n) is 8.68. The van der Waals surface area contributed by atoms with Crippen LogP contribution in [0.1, 0.15) is 11.1 Å². The molecule has 0 aromatic heterocycles. The summed E-state index contributed by atoms with van der Waals surface area (Å²) in [6, 6.07) is 21.0. The number of anilines is 4. The fourth-order valence-electron chi connectivity index (χ4n) is 3.36. The van der Waals surface area contributed by atoms with E-state index in [0.29, 0.717) is 5.69 Å². The molecule has 0 saturated heterocycles. The van der Waals surface area contributed by atoms with Gasteiger partial charge in [-0.25, -0.2) is 0 Å². The van der Waals surface area contributed by atoms with Gasteiger partial charge >= 0.3 is 6.36 Å². The maximum absolute atomic E-state index is 12.7. The van der Waals surface area contributed by atoms with E-state index in [1.165, 1.54) is 12.1 Å². The number of fused-ring (bicyclic) bond motifs is 1. The predicted molar refractivity (Wildman–Crippen MR) is 103 cm³/mol. The Balaban J connectivity index is 0.00000240. The van der Waals surface area contributed by atoms with Crippen molar-refractivity contribution in [3.8, 4) is 5.75 Å². The average molecular weight is 575 g/mol. The molecule has 0 aliphatic carbocycles. The number of aryl methyl sites for hydroxylation is 2. The summed E-state index contributed by atoms with van der Waals surface area (Å²) in [6.07, 6.45) is -4.74. The molecule has 1 aliphatic heterocycles. The Morgan fingerprint density at radius 1 is 0.897 bits per heavy atom. The SMILES string of the molecule is Cc1cc(C)cc(N2[CH-]N(c3[c-]cccc3)c3ccc(OC(F)(F)F)cc32)c1.[Ir]. The molecule has 3 nitrogen and oxygen atoms in total. The molecule has 3 aromatic rings. The summed E-state index contributed by atoms with van der Waals surface area (Å²) in [7, 11) is 0. The zero-order chi connectivity index (χ0) is 19.9. The van der Waals surface area contributed by atoms with E-state index < -0.39 is 6.36 Å². The van der Waals surface area contributed by atoms with Crippen molar-refractivity contribution in [1.82, 2.24) is 0 Å². The van der Waals surface area contributed by atoms with Gasteiger partial charge in [0.2, 0.25) is 0 Å². The van der Waals surface area contributed by atoms with E-state index in [1.807, 2.05) is 66.7 Å². The van der Waals surface area contributed by atoms with Crippen molar-refractivity contribution < 1.29 is 38.0 Å². The summed E-state index contributed by atoms with van der Waals surface area (Å²) in [5, 5.41) is 0. The number of hydrogen-bond donors (Lipinski definition) is 0. The summed E-state index contributed by atoms with van der Waals surface area (Å²) in [6.45, 7) is 5.82. The van der Waals surface area contributed by atoms with E-state index >= 15 is 0 Å². The van der Waals surface area contributed by atoms with Gasteiger partial charge in [0.15, 0.2) is 0 Å². The quantitative estimate of drug-likeness (QED) is 0.337. The van der Waals surface area contributed by atoms with Crippen LogP contribution in [-0.2, 0) is 20.1 Å². The molecule has 153 valence electrons. The molecule has 1 radical (unpaired) electrons. The maximum atomic E-state index is 12.7. The van der Waals surface area contributed by atoms with E-state index in [1.54, 1.807) is 12.1 Å². The molecule has 4 rings (SSSR count). The first-order chi connectivity index (χ1) is 13.3. The van der Waals surface area contributed by atoms with Crippen molar-refractivity contribution in [3.63, 3.8) is 0 Å². The molecule has 0 fully saturated rings. The molecule has 1 heterocycles. The standard InChI is InChI=1S/C22H17F3N2O.Ir/c1-15-10-16(2)12-18(11-15)27-14-26(17-6-4-3-5-7-17)20-9-8-19(13-21(20)27)28-22(23,24)25;/h3-6,8-14H,1-2H3;/q-2;. The largest absolute Gasteiger partial charge is 0.573 e. The normalized spacial score (nSPS) is 13.1. The number of hydrogen-bond acceptors (Lipinski definition) is 3.